The summed E-state index contributed by atoms with van der Waals surface area (Å²) in [5, 5.41) is 14.1. The van der Waals surface area contributed by atoms with Crippen LogP contribution in [0.3, 0.4) is 0 Å². The third-order valence-electron chi connectivity index (χ3n) is 3.06. The van der Waals surface area contributed by atoms with Crippen LogP contribution in [-0.4, -0.2) is 28.9 Å². The maximum absolute atomic E-state index is 12.1. The number of piperidine rings is 1. The largest absolute Gasteiger partial charge is 0.478 e. The highest BCUT2D eigenvalue weighted by atomic mass is 16.4. The van der Waals surface area contributed by atoms with Crippen molar-refractivity contribution < 1.29 is 19.5 Å². The highest BCUT2D eigenvalue weighted by Gasteiger charge is 2.27. The number of amides is 2. The second-order valence-electron chi connectivity index (χ2n) is 4.51. The molecule has 1 aromatic carbocycles. The second kappa shape index (κ2) is 5.56. The van der Waals surface area contributed by atoms with Crippen molar-refractivity contribution in [3.8, 4) is 0 Å². The van der Waals surface area contributed by atoms with Crippen molar-refractivity contribution in [2.75, 3.05) is 0 Å². The summed E-state index contributed by atoms with van der Waals surface area (Å²) in [6.07, 6.45) is 1.03. The molecule has 1 atom stereocenters. The number of hydrogen-bond donors (Lipinski definition) is 3. The van der Waals surface area contributed by atoms with E-state index in [2.05, 4.69) is 17.2 Å². The number of allylic oxidation sites excluding steroid dienone is 1. The first-order valence-corrected chi connectivity index (χ1v) is 6.11. The van der Waals surface area contributed by atoms with E-state index in [9.17, 15) is 14.4 Å². The molecule has 104 valence electrons. The normalized spacial score (nSPS) is 18.3. The Hall–Kier alpha value is -2.63. The third-order valence-corrected chi connectivity index (χ3v) is 3.06. The first kappa shape index (κ1) is 13.8. The fourth-order valence-electron chi connectivity index (χ4n) is 2.01. The molecule has 1 fully saturated rings. The molecule has 1 saturated heterocycles. The molecule has 0 bridgehead atoms. The molecule has 0 radical (unpaired) electrons. The van der Waals surface area contributed by atoms with Crippen molar-refractivity contribution in [1.82, 2.24) is 10.6 Å². The molecule has 6 heteroatoms. The van der Waals surface area contributed by atoms with Gasteiger partial charge in [0, 0.05) is 5.70 Å². The number of hydrogen-bond acceptors (Lipinski definition) is 3. The minimum Gasteiger partial charge on any atom is -0.478 e. The number of nitrogens with one attached hydrogen (secondary N) is 2. The van der Waals surface area contributed by atoms with E-state index >= 15 is 0 Å². The van der Waals surface area contributed by atoms with Crippen LogP contribution >= 0.6 is 0 Å². The van der Waals surface area contributed by atoms with E-state index in [1.807, 2.05) is 0 Å². The van der Waals surface area contributed by atoms with Gasteiger partial charge in [-0.15, -0.1) is 0 Å². The predicted molar refractivity (Wildman–Crippen MR) is 71.2 cm³/mol. The lowest BCUT2D eigenvalue weighted by Gasteiger charge is -2.24. The van der Waals surface area contributed by atoms with Crippen LogP contribution in [0.5, 0.6) is 0 Å². The number of carbonyl (C=O) groups excluding carboxylic acids is 2. The summed E-state index contributed by atoms with van der Waals surface area (Å²) in [4.78, 5) is 34.8. The van der Waals surface area contributed by atoms with Gasteiger partial charge in [-0.3, -0.25) is 9.59 Å². The monoisotopic (exact) mass is 274 g/mol. The van der Waals surface area contributed by atoms with Gasteiger partial charge in [-0.05, 0) is 25.0 Å². The van der Waals surface area contributed by atoms with Crippen LogP contribution in [0, 0.1) is 0 Å². The summed E-state index contributed by atoms with van der Waals surface area (Å²) >= 11 is 0. The highest BCUT2D eigenvalue weighted by molar-refractivity contribution is 6.06. The molecule has 1 aliphatic heterocycles. The van der Waals surface area contributed by atoms with Gasteiger partial charge in [-0.25, -0.2) is 4.79 Å². The van der Waals surface area contributed by atoms with Crippen LogP contribution in [0.25, 0.3) is 0 Å². The zero-order chi connectivity index (χ0) is 14.7. The topological polar surface area (TPSA) is 95.5 Å². The molecule has 0 aliphatic carbocycles. The van der Waals surface area contributed by atoms with Gasteiger partial charge in [-0.1, -0.05) is 18.7 Å². The molecule has 20 heavy (non-hydrogen) atoms. The Morgan fingerprint density at radius 2 is 1.95 bits per heavy atom. The SMILES string of the molecule is C=C1CCC(NC(=O)c2ccccc2C(=O)O)C(=O)N1. The molecule has 1 aliphatic rings. The van der Waals surface area contributed by atoms with Gasteiger partial charge in [0.05, 0.1) is 11.1 Å². The van der Waals surface area contributed by atoms with Crippen LogP contribution in [0.2, 0.25) is 0 Å². The molecule has 3 N–H and O–H groups in total. The molecular weight excluding hydrogens is 260 g/mol. The summed E-state index contributed by atoms with van der Waals surface area (Å²) < 4.78 is 0. The van der Waals surface area contributed by atoms with Crippen molar-refractivity contribution in [2.45, 2.75) is 18.9 Å². The highest BCUT2D eigenvalue weighted by Crippen LogP contribution is 2.13. The average Bonchev–Trinajstić information content (AvgIpc) is 2.41. The van der Waals surface area contributed by atoms with E-state index in [1.165, 1.54) is 18.2 Å². The van der Waals surface area contributed by atoms with Crippen LogP contribution < -0.4 is 10.6 Å². The molecule has 0 aromatic heterocycles. The number of rotatable bonds is 3. The number of carboxylic acids is 1. The molecule has 1 heterocycles. The average molecular weight is 274 g/mol. The lowest BCUT2D eigenvalue weighted by molar-refractivity contribution is -0.123. The van der Waals surface area contributed by atoms with E-state index in [1.54, 1.807) is 6.07 Å². The Morgan fingerprint density at radius 1 is 1.30 bits per heavy atom. The molecule has 1 unspecified atom stereocenters. The number of carboxylic acid groups (broad SMARTS) is 1. The molecule has 6 nitrogen and oxygen atoms in total. The summed E-state index contributed by atoms with van der Waals surface area (Å²) in [6.45, 7) is 3.65. The summed E-state index contributed by atoms with van der Waals surface area (Å²) in [7, 11) is 0. The summed E-state index contributed by atoms with van der Waals surface area (Å²) in [5.74, 6) is -2.09. The van der Waals surface area contributed by atoms with Gasteiger partial charge in [0.25, 0.3) is 5.91 Å². The molecule has 2 amide bonds. The fourth-order valence-corrected chi connectivity index (χ4v) is 2.01. The minimum atomic E-state index is -1.18. The van der Waals surface area contributed by atoms with E-state index < -0.39 is 17.9 Å². The molecule has 2 rings (SSSR count). The van der Waals surface area contributed by atoms with E-state index in [-0.39, 0.29) is 17.0 Å². The first-order valence-electron chi connectivity index (χ1n) is 6.11. The maximum Gasteiger partial charge on any atom is 0.336 e. The lowest BCUT2D eigenvalue weighted by atomic mass is 10.0. The van der Waals surface area contributed by atoms with Crippen LogP contribution in [-0.2, 0) is 4.79 Å². The van der Waals surface area contributed by atoms with Crippen molar-refractivity contribution in [2.24, 2.45) is 0 Å². The third kappa shape index (κ3) is 2.85. The van der Waals surface area contributed by atoms with Crippen LogP contribution in [0.4, 0.5) is 0 Å². The Morgan fingerprint density at radius 3 is 2.55 bits per heavy atom. The zero-order valence-electron chi connectivity index (χ0n) is 10.7. The van der Waals surface area contributed by atoms with Gasteiger partial charge >= 0.3 is 5.97 Å². The number of carbonyl (C=O) groups is 3. The Balaban J connectivity index is 2.15. The van der Waals surface area contributed by atoms with E-state index in [0.29, 0.717) is 18.5 Å². The van der Waals surface area contributed by atoms with E-state index in [0.717, 1.165) is 0 Å². The molecule has 1 aromatic rings. The predicted octanol–water partition coefficient (Wildman–Crippen LogP) is 0.907. The Kier molecular flexibility index (Phi) is 3.84. The molecule has 0 saturated carbocycles. The number of aromatic carboxylic acids is 1. The van der Waals surface area contributed by atoms with E-state index in [4.69, 9.17) is 5.11 Å². The minimum absolute atomic E-state index is 0.0391. The smallest absolute Gasteiger partial charge is 0.336 e. The quantitative estimate of drug-likeness (QED) is 0.763. The standard InChI is InChI=1S/C14H14N2O4/c1-8-6-7-11(13(18)15-8)16-12(17)9-4-2-3-5-10(9)14(19)20/h2-5,11H,1,6-7H2,(H,15,18)(H,16,17)(H,19,20). The molecule has 0 spiro atoms. The lowest BCUT2D eigenvalue weighted by Crippen LogP contribution is -2.49. The number of benzene rings is 1. The van der Waals surface area contributed by atoms with Gasteiger partial charge in [0.15, 0.2) is 0 Å². The Labute approximate surface area is 115 Å². The van der Waals surface area contributed by atoms with Gasteiger partial charge in [0.1, 0.15) is 6.04 Å². The van der Waals surface area contributed by atoms with Crippen molar-refractivity contribution in [3.05, 3.63) is 47.7 Å². The zero-order valence-corrected chi connectivity index (χ0v) is 10.7. The van der Waals surface area contributed by atoms with Gasteiger partial charge in [0.2, 0.25) is 5.91 Å². The van der Waals surface area contributed by atoms with Crippen molar-refractivity contribution in [1.29, 1.82) is 0 Å². The van der Waals surface area contributed by atoms with Crippen LogP contribution in [0.15, 0.2) is 36.5 Å². The fraction of sp³-hybridized carbons (Fsp3) is 0.214. The van der Waals surface area contributed by atoms with Crippen molar-refractivity contribution in [3.63, 3.8) is 0 Å². The summed E-state index contributed by atoms with van der Waals surface area (Å²) in [5.41, 5.74) is 0.564. The summed E-state index contributed by atoms with van der Waals surface area (Å²) in [6, 6.07) is 5.20. The Bertz CT molecular complexity index is 595. The van der Waals surface area contributed by atoms with Gasteiger partial charge in [-0.2, -0.15) is 0 Å². The maximum atomic E-state index is 12.1. The second-order valence-corrected chi connectivity index (χ2v) is 4.51. The van der Waals surface area contributed by atoms with Gasteiger partial charge < -0.3 is 15.7 Å². The van der Waals surface area contributed by atoms with Crippen LogP contribution in [0.1, 0.15) is 33.6 Å². The van der Waals surface area contributed by atoms with Crippen molar-refractivity contribution >= 4 is 17.8 Å². The molecular formula is C14H14N2O4. The first-order chi connectivity index (χ1) is 9.49.